The Morgan fingerprint density at radius 3 is 2.33 bits per heavy atom. The molecule has 0 spiro atoms. The molecule has 1 atom stereocenters. The topological polar surface area (TPSA) is 17.1 Å². The average molecular weight is 148 g/mol. The van der Waals surface area contributed by atoms with Gasteiger partial charge in [-0.15, -0.1) is 0 Å². The number of rotatable bonds is 5. The van der Waals surface area contributed by atoms with Gasteiger partial charge in [0.15, 0.2) is 0 Å². The smallest absolute Gasteiger partial charge is 0.0732 e. The van der Waals surface area contributed by atoms with Gasteiger partial charge >= 0.3 is 0 Å². The number of hydrogen-bond acceptors (Lipinski definition) is 1. The molecule has 1 nitrogen and oxygen atoms in total. The molecule has 2 heteroatoms. The third kappa shape index (κ3) is 8.23. The lowest BCUT2D eigenvalue weighted by molar-refractivity contribution is 0.587. The number of unbranched alkanes of at least 4 members (excludes halogenated alkanes) is 3. The van der Waals surface area contributed by atoms with Crippen LogP contribution in [0.15, 0.2) is 0 Å². The summed E-state index contributed by atoms with van der Waals surface area (Å²) >= 11 is 0. The van der Waals surface area contributed by atoms with Gasteiger partial charge in [0.2, 0.25) is 0 Å². The number of hydrogen-bond donors (Lipinski definition) is 0. The lowest BCUT2D eigenvalue weighted by atomic mass is 10.2. The molecule has 0 aromatic heterocycles. The van der Waals surface area contributed by atoms with Gasteiger partial charge in [0.25, 0.3) is 0 Å². The standard InChI is InChI=1S/C7H17OP/c1-3-4-5-6-7-9(2)8/h9H,3-7H2,1-2H3. The molecule has 1 unspecified atom stereocenters. The van der Waals surface area contributed by atoms with Crippen LogP contribution in [0.3, 0.4) is 0 Å². The summed E-state index contributed by atoms with van der Waals surface area (Å²) < 4.78 is 10.6. The molecular formula is C7H17OP. The SMILES string of the molecule is CCCCCC[PH](C)=O. The van der Waals surface area contributed by atoms with E-state index in [0.29, 0.717) is 0 Å². The molecule has 0 saturated carbocycles. The van der Waals surface area contributed by atoms with E-state index in [2.05, 4.69) is 6.92 Å². The zero-order valence-corrected chi connectivity index (χ0v) is 7.44. The van der Waals surface area contributed by atoms with E-state index >= 15 is 0 Å². The fourth-order valence-electron chi connectivity index (χ4n) is 0.801. The normalized spacial score (nSPS) is 13.6. The maximum absolute atomic E-state index is 10.6. The van der Waals surface area contributed by atoms with Crippen molar-refractivity contribution < 1.29 is 4.57 Å². The zero-order valence-electron chi connectivity index (χ0n) is 6.44. The Morgan fingerprint density at radius 1 is 1.22 bits per heavy atom. The van der Waals surface area contributed by atoms with Crippen LogP contribution < -0.4 is 0 Å². The van der Waals surface area contributed by atoms with Crippen LogP contribution in [0, 0.1) is 0 Å². The highest BCUT2D eigenvalue weighted by Crippen LogP contribution is 2.16. The van der Waals surface area contributed by atoms with Gasteiger partial charge in [-0.3, -0.25) is 0 Å². The van der Waals surface area contributed by atoms with Crippen LogP contribution in [0.2, 0.25) is 0 Å². The molecule has 0 fully saturated rings. The molecule has 0 amide bonds. The van der Waals surface area contributed by atoms with Crippen LogP contribution in [0.25, 0.3) is 0 Å². The molecule has 0 radical (unpaired) electrons. The molecule has 0 N–H and O–H groups in total. The minimum absolute atomic E-state index is 0.963. The first-order valence-corrected chi connectivity index (χ1v) is 5.88. The molecule has 0 aromatic carbocycles. The van der Waals surface area contributed by atoms with Crippen molar-refractivity contribution in [1.29, 1.82) is 0 Å². The van der Waals surface area contributed by atoms with E-state index in [-0.39, 0.29) is 0 Å². The Hall–Kier alpha value is 0.230. The maximum atomic E-state index is 10.6. The van der Waals surface area contributed by atoms with Gasteiger partial charge in [-0.1, -0.05) is 26.2 Å². The predicted molar refractivity (Wildman–Crippen MR) is 43.9 cm³/mol. The third-order valence-electron chi connectivity index (χ3n) is 1.38. The molecule has 0 rings (SSSR count). The van der Waals surface area contributed by atoms with E-state index in [1.54, 1.807) is 0 Å². The summed E-state index contributed by atoms with van der Waals surface area (Å²) in [4.78, 5) is 0. The van der Waals surface area contributed by atoms with Crippen molar-refractivity contribution in [3.63, 3.8) is 0 Å². The largest absolute Gasteiger partial charge is 0.327 e. The first-order chi connectivity index (χ1) is 4.27. The summed E-state index contributed by atoms with van der Waals surface area (Å²) in [6.45, 7) is 4.03. The highest BCUT2D eigenvalue weighted by molar-refractivity contribution is 7.43. The van der Waals surface area contributed by atoms with Crippen molar-refractivity contribution in [1.82, 2.24) is 0 Å². The molecule has 0 aliphatic carbocycles. The Labute approximate surface area is 58.6 Å². The van der Waals surface area contributed by atoms with Crippen molar-refractivity contribution in [2.24, 2.45) is 0 Å². The van der Waals surface area contributed by atoms with Crippen LogP contribution in [-0.2, 0) is 4.57 Å². The maximum Gasteiger partial charge on any atom is 0.0732 e. The third-order valence-corrected chi connectivity index (χ3v) is 2.44. The molecule has 0 heterocycles. The van der Waals surface area contributed by atoms with Crippen LogP contribution in [0.4, 0.5) is 0 Å². The molecule has 0 bridgehead atoms. The minimum atomic E-state index is -1.17. The highest BCUT2D eigenvalue weighted by Gasteiger charge is 1.89. The Bertz CT molecular complexity index is 81.0. The summed E-state index contributed by atoms with van der Waals surface area (Å²) in [6.07, 6.45) is 5.97. The second-order valence-electron chi connectivity index (χ2n) is 2.51. The van der Waals surface area contributed by atoms with E-state index in [1.165, 1.54) is 25.7 Å². The first-order valence-electron chi connectivity index (χ1n) is 3.76. The van der Waals surface area contributed by atoms with E-state index in [1.807, 2.05) is 6.66 Å². The summed E-state index contributed by atoms with van der Waals surface area (Å²) in [5, 5.41) is 0. The van der Waals surface area contributed by atoms with E-state index in [9.17, 15) is 4.57 Å². The molecule has 0 aromatic rings. The minimum Gasteiger partial charge on any atom is -0.327 e. The van der Waals surface area contributed by atoms with Crippen LogP contribution in [0.5, 0.6) is 0 Å². The summed E-state index contributed by atoms with van der Waals surface area (Å²) in [5.41, 5.74) is 0. The highest BCUT2D eigenvalue weighted by atomic mass is 31.1. The van der Waals surface area contributed by atoms with Gasteiger partial charge in [0, 0.05) is 0 Å². The van der Waals surface area contributed by atoms with Crippen molar-refractivity contribution in [3.05, 3.63) is 0 Å². The summed E-state index contributed by atoms with van der Waals surface area (Å²) in [6, 6.07) is 0. The van der Waals surface area contributed by atoms with Crippen molar-refractivity contribution in [2.45, 2.75) is 32.6 Å². The van der Waals surface area contributed by atoms with Gasteiger partial charge < -0.3 is 4.57 Å². The van der Waals surface area contributed by atoms with Gasteiger partial charge in [0.05, 0.1) is 7.80 Å². The molecule has 9 heavy (non-hydrogen) atoms. The van der Waals surface area contributed by atoms with E-state index < -0.39 is 7.80 Å². The fourth-order valence-corrected chi connectivity index (χ4v) is 1.55. The Balaban J connectivity index is 2.83. The van der Waals surface area contributed by atoms with Gasteiger partial charge in [-0.2, -0.15) is 0 Å². The molecule has 0 saturated heterocycles. The second-order valence-corrected chi connectivity index (χ2v) is 4.42. The predicted octanol–water partition coefficient (Wildman–Crippen LogP) is 2.76. The van der Waals surface area contributed by atoms with Crippen molar-refractivity contribution >= 4 is 7.80 Å². The average Bonchev–Trinajstić information content (AvgIpc) is 1.80. The first kappa shape index (κ1) is 9.23. The van der Waals surface area contributed by atoms with Gasteiger partial charge in [-0.05, 0) is 19.2 Å². The van der Waals surface area contributed by atoms with Crippen molar-refractivity contribution in [2.75, 3.05) is 12.8 Å². The molecule has 0 aliphatic heterocycles. The van der Waals surface area contributed by atoms with Crippen LogP contribution >= 0.6 is 7.80 Å². The van der Waals surface area contributed by atoms with E-state index in [0.717, 1.165) is 6.16 Å². The van der Waals surface area contributed by atoms with Crippen LogP contribution in [0.1, 0.15) is 32.6 Å². The quantitative estimate of drug-likeness (QED) is 0.432. The summed E-state index contributed by atoms with van der Waals surface area (Å²) in [5.74, 6) is 0. The van der Waals surface area contributed by atoms with Gasteiger partial charge in [0.1, 0.15) is 0 Å². The zero-order chi connectivity index (χ0) is 7.11. The fraction of sp³-hybridized carbons (Fsp3) is 1.00. The molecule has 0 aliphatic rings. The van der Waals surface area contributed by atoms with Crippen molar-refractivity contribution in [3.8, 4) is 0 Å². The van der Waals surface area contributed by atoms with E-state index in [4.69, 9.17) is 0 Å². The van der Waals surface area contributed by atoms with Gasteiger partial charge in [-0.25, -0.2) is 0 Å². The Kier molecular flexibility index (Phi) is 6.51. The molecular weight excluding hydrogens is 131 g/mol. The lowest BCUT2D eigenvalue weighted by Gasteiger charge is -1.94. The molecule has 56 valence electrons. The lowest BCUT2D eigenvalue weighted by Crippen LogP contribution is -1.78. The monoisotopic (exact) mass is 148 g/mol. The Morgan fingerprint density at radius 2 is 1.89 bits per heavy atom. The second kappa shape index (κ2) is 6.35. The van der Waals surface area contributed by atoms with Crippen LogP contribution in [-0.4, -0.2) is 12.8 Å². The summed E-state index contributed by atoms with van der Waals surface area (Å²) in [7, 11) is -1.17.